The van der Waals surface area contributed by atoms with Gasteiger partial charge in [-0.2, -0.15) is 21.1 Å². The molecule has 1 heterocycles. The number of rotatable bonds is 2. The summed E-state index contributed by atoms with van der Waals surface area (Å²) in [5.41, 5.74) is 0. The lowest BCUT2D eigenvalue weighted by atomic mass is 10.4. The van der Waals surface area contributed by atoms with Crippen LogP contribution >= 0.6 is 0 Å². The molecule has 1 aliphatic heterocycles. The minimum absolute atomic E-state index is 0.381. The number of amides is 2. The molecule has 0 aromatic heterocycles. The Labute approximate surface area is 78.7 Å². The van der Waals surface area contributed by atoms with E-state index in [1.54, 1.807) is 0 Å². The van der Waals surface area contributed by atoms with Gasteiger partial charge in [0.15, 0.2) is 0 Å². The van der Waals surface area contributed by atoms with E-state index in [1.165, 1.54) is 0 Å². The van der Waals surface area contributed by atoms with E-state index in [0.717, 1.165) is 0 Å². The van der Waals surface area contributed by atoms with E-state index in [9.17, 15) is 26.4 Å². The number of carbonyl (C=O) groups is 2. The van der Waals surface area contributed by atoms with Crippen molar-refractivity contribution in [1.29, 1.82) is 0 Å². The number of carbonyl (C=O) groups excluding carboxylic acids is 2. The fourth-order valence-corrected chi connectivity index (χ4v) is 2.83. The topological polar surface area (TPSA) is 126 Å². The van der Waals surface area contributed by atoms with Crippen LogP contribution in [0, 0.1) is 0 Å². The Kier molecular flexibility index (Phi) is 2.37. The van der Waals surface area contributed by atoms with E-state index in [-0.39, 0.29) is 12.8 Å². The maximum absolute atomic E-state index is 10.9. The summed E-state index contributed by atoms with van der Waals surface area (Å²) in [6.45, 7) is 0. The summed E-state index contributed by atoms with van der Waals surface area (Å²) < 4.78 is 50.4. The second-order valence-electron chi connectivity index (χ2n) is 2.44. The van der Waals surface area contributed by atoms with Crippen molar-refractivity contribution in [2.75, 3.05) is 0 Å². The molecule has 2 amide bonds. The molecule has 0 bridgehead atoms. The normalized spacial score (nSPS) is 19.1. The average Bonchev–Trinajstić information content (AvgIpc) is 2.28. The summed E-state index contributed by atoms with van der Waals surface area (Å²) in [5.74, 6) is -2.32. The molecule has 1 aliphatic rings. The Bertz CT molecular complexity index is 470. The average molecular weight is 243 g/mol. The third kappa shape index (κ3) is 1.51. The van der Waals surface area contributed by atoms with Gasteiger partial charge in [-0.15, -0.1) is 0 Å². The number of hydrogen-bond donors (Lipinski definition) is 1. The molecule has 14 heavy (non-hydrogen) atoms. The molecular formula is C4H5NO7S2. The van der Waals surface area contributed by atoms with Crippen molar-refractivity contribution in [3.05, 3.63) is 0 Å². The fourth-order valence-electron chi connectivity index (χ4n) is 0.900. The van der Waals surface area contributed by atoms with Gasteiger partial charge in [-0.1, -0.05) is 0 Å². The third-order valence-corrected chi connectivity index (χ3v) is 4.93. The maximum atomic E-state index is 10.9. The van der Waals surface area contributed by atoms with E-state index in [2.05, 4.69) is 0 Å². The summed E-state index contributed by atoms with van der Waals surface area (Å²) in [6, 6.07) is 0. The second-order valence-corrected chi connectivity index (χ2v) is 7.04. The second kappa shape index (κ2) is 3.00. The first-order valence-corrected chi connectivity index (χ1v) is 6.66. The molecule has 0 saturated carbocycles. The highest BCUT2D eigenvalue weighted by atomic mass is 33.2. The summed E-state index contributed by atoms with van der Waals surface area (Å²) in [5, 5.41) is 0. The summed E-state index contributed by atoms with van der Waals surface area (Å²) in [6.07, 6.45) is -0.763. The molecule has 1 rings (SSSR count). The minimum Gasteiger partial charge on any atom is -0.273 e. The van der Waals surface area contributed by atoms with Crippen LogP contribution in [-0.4, -0.2) is 37.5 Å². The van der Waals surface area contributed by atoms with Gasteiger partial charge in [0.1, 0.15) is 0 Å². The Morgan fingerprint density at radius 2 is 1.36 bits per heavy atom. The van der Waals surface area contributed by atoms with Crippen LogP contribution in [0.2, 0.25) is 0 Å². The quantitative estimate of drug-likeness (QED) is 0.347. The van der Waals surface area contributed by atoms with Crippen molar-refractivity contribution in [3.8, 4) is 0 Å². The molecule has 80 valence electrons. The highest BCUT2D eigenvalue weighted by Gasteiger charge is 2.45. The fraction of sp³-hybridized carbons (Fsp3) is 0.500. The molecule has 0 radical (unpaired) electrons. The molecule has 8 nitrogen and oxygen atoms in total. The molecule has 0 aliphatic carbocycles. The summed E-state index contributed by atoms with van der Waals surface area (Å²) >= 11 is 0. The zero-order chi connectivity index (χ0) is 11.1. The molecule has 1 saturated heterocycles. The largest absolute Gasteiger partial charge is 0.392 e. The van der Waals surface area contributed by atoms with Gasteiger partial charge < -0.3 is 0 Å². The van der Waals surface area contributed by atoms with E-state index < -0.39 is 34.3 Å². The third-order valence-electron chi connectivity index (χ3n) is 1.50. The highest BCUT2D eigenvalue weighted by Crippen LogP contribution is 2.19. The van der Waals surface area contributed by atoms with Gasteiger partial charge in [-0.3, -0.25) is 14.1 Å². The van der Waals surface area contributed by atoms with Crippen molar-refractivity contribution in [2.45, 2.75) is 12.8 Å². The molecule has 0 atom stereocenters. The molecule has 1 fully saturated rings. The zero-order valence-electron chi connectivity index (χ0n) is 6.57. The maximum Gasteiger partial charge on any atom is 0.392 e. The monoisotopic (exact) mass is 243 g/mol. The highest BCUT2D eigenvalue weighted by molar-refractivity contribution is 8.64. The van der Waals surface area contributed by atoms with E-state index >= 15 is 0 Å². The lowest BCUT2D eigenvalue weighted by molar-refractivity contribution is -0.132. The lowest BCUT2D eigenvalue weighted by Gasteiger charge is -2.10. The van der Waals surface area contributed by atoms with Crippen LogP contribution in [0.3, 0.4) is 0 Å². The van der Waals surface area contributed by atoms with Gasteiger partial charge in [0.25, 0.3) is 0 Å². The van der Waals surface area contributed by atoms with Crippen molar-refractivity contribution in [3.63, 3.8) is 0 Å². The predicted octanol–water partition coefficient (Wildman–Crippen LogP) is -1.73. The van der Waals surface area contributed by atoms with E-state index in [0.29, 0.717) is 0 Å². The van der Waals surface area contributed by atoms with Crippen LogP contribution in [0.15, 0.2) is 0 Å². The molecular weight excluding hydrogens is 238 g/mol. The van der Waals surface area contributed by atoms with Crippen molar-refractivity contribution >= 4 is 30.0 Å². The van der Waals surface area contributed by atoms with E-state index in [1.807, 2.05) is 0 Å². The molecule has 10 heteroatoms. The van der Waals surface area contributed by atoms with Gasteiger partial charge in [-0.05, 0) is 0 Å². The van der Waals surface area contributed by atoms with Gasteiger partial charge in [0, 0.05) is 12.8 Å². The Morgan fingerprint density at radius 1 is 1.00 bits per heavy atom. The van der Waals surface area contributed by atoms with Gasteiger partial charge in [0.2, 0.25) is 11.8 Å². The van der Waals surface area contributed by atoms with Crippen molar-refractivity contribution < 1.29 is 31.0 Å². The lowest BCUT2D eigenvalue weighted by Crippen LogP contribution is -2.39. The summed E-state index contributed by atoms with van der Waals surface area (Å²) in [7, 11) is -10.8. The van der Waals surface area contributed by atoms with Crippen molar-refractivity contribution in [2.24, 2.45) is 0 Å². The molecule has 0 aromatic carbocycles. The van der Waals surface area contributed by atoms with Crippen LogP contribution in [-0.2, 0) is 27.8 Å². The zero-order valence-corrected chi connectivity index (χ0v) is 8.21. The predicted molar refractivity (Wildman–Crippen MR) is 41.6 cm³/mol. The smallest absolute Gasteiger partial charge is 0.273 e. The molecule has 0 spiro atoms. The number of imide groups is 1. The van der Waals surface area contributed by atoms with Gasteiger partial charge in [0.05, 0.1) is 0 Å². The first-order chi connectivity index (χ1) is 6.18. The molecule has 0 aromatic rings. The first kappa shape index (κ1) is 11.1. The Hall–Kier alpha value is -1.00. The minimum atomic E-state index is -5.50. The van der Waals surface area contributed by atoms with Crippen LogP contribution in [0.1, 0.15) is 12.8 Å². The van der Waals surface area contributed by atoms with Crippen LogP contribution in [0.25, 0.3) is 0 Å². The number of nitrogens with zero attached hydrogens (tertiary/aromatic N) is 1. The Morgan fingerprint density at radius 3 is 1.64 bits per heavy atom. The van der Waals surface area contributed by atoms with Gasteiger partial charge >= 0.3 is 18.2 Å². The van der Waals surface area contributed by atoms with Crippen LogP contribution in [0.4, 0.5) is 0 Å². The van der Waals surface area contributed by atoms with Crippen molar-refractivity contribution in [1.82, 2.24) is 4.31 Å². The van der Waals surface area contributed by atoms with E-state index in [4.69, 9.17) is 4.55 Å². The van der Waals surface area contributed by atoms with Crippen LogP contribution < -0.4 is 0 Å². The molecule has 1 N–H and O–H groups in total. The standard InChI is InChI=1S/C4H5NO7S2/c6-3-1-2-4(7)5(3)13(8,9)14(10,11)12/h1-2H2,(H,10,11,12). The Balaban J connectivity index is 3.32. The van der Waals surface area contributed by atoms with Crippen LogP contribution in [0.5, 0.6) is 0 Å². The number of hydrogen-bond acceptors (Lipinski definition) is 6. The van der Waals surface area contributed by atoms with Gasteiger partial charge in [-0.25, -0.2) is 0 Å². The summed E-state index contributed by atoms with van der Waals surface area (Å²) in [4.78, 5) is 21.7. The first-order valence-electron chi connectivity index (χ1n) is 3.26. The SMILES string of the molecule is O=C1CCC(=O)N1S(=O)(=O)S(=O)(=O)O. The molecule has 0 unspecified atom stereocenters.